The lowest BCUT2D eigenvalue weighted by molar-refractivity contribution is -0.131. The zero-order valence-corrected chi connectivity index (χ0v) is 53.9. The molecule has 17 heteroatoms. The van der Waals surface area contributed by atoms with Gasteiger partial charge in [0.1, 0.15) is 36.0 Å². The highest BCUT2D eigenvalue weighted by molar-refractivity contribution is 6.03. The number of phenolic OH excluding ortho intramolecular Hbond substituents is 1. The van der Waals surface area contributed by atoms with Crippen LogP contribution in [0.5, 0.6) is 17.2 Å². The summed E-state index contributed by atoms with van der Waals surface area (Å²) in [5.74, 6) is 5.96. The monoisotopic (exact) mass is 1260 g/mol. The van der Waals surface area contributed by atoms with Crippen LogP contribution in [0.2, 0.25) is 0 Å². The van der Waals surface area contributed by atoms with E-state index in [1.54, 1.807) is 59.5 Å². The predicted octanol–water partition coefficient (Wildman–Crippen LogP) is 10.7. The van der Waals surface area contributed by atoms with E-state index in [-0.39, 0.29) is 59.8 Å². The largest absolute Gasteiger partial charge is 0.506 e. The molecule has 5 N–H and O–H groups in total. The number of nitrogens with one attached hydrogen (secondary N) is 3. The Kier molecular flexibility index (Phi) is 17.8. The number of para-hydroxylation sites is 1. The number of azo groups is 1. The number of benzene rings is 7. The lowest BCUT2D eigenvalue weighted by Crippen LogP contribution is -2.45. The van der Waals surface area contributed by atoms with E-state index in [0.717, 1.165) is 133 Å². The molecule has 0 spiro atoms. The summed E-state index contributed by atoms with van der Waals surface area (Å²) in [4.78, 5) is 71.8. The van der Waals surface area contributed by atoms with Crippen LogP contribution in [-0.4, -0.2) is 97.8 Å². The molecule has 0 unspecified atom stereocenters. The van der Waals surface area contributed by atoms with Gasteiger partial charge in [0.15, 0.2) is 0 Å². The standard InChI is InChI=1S/C77H78N8O9/c1-76(2,75(92)80-36-32-66(87)85-47-55-15-6-5-13-49(55)22-23-50-14-7-8-20-64(50)85)34-42-93-77(3,4)33-37-79-72(88)51-24-27-56(28-25-51)81-82-63-30-21-48(43-65(63)86)31-35-78-73(89)54-26-29-57(60(46-54)74(90)91)67-61-44-52-16-9-38-83-40-11-18-58(68(52)83)70(61)94-71-59-19-12-41-84-39-10-17-53(69(59)84)45-62(67)71/h5-8,13-15,20-21,24-30,43-46H,9-12,16-19,31-42,47H2,1-4H3,(H4-,78,79,80,81,86,88,89,90,91,92)/p+1. The Bertz CT molecular complexity index is 4460. The number of hydrogen-bond acceptors (Lipinski definition) is 11. The van der Waals surface area contributed by atoms with Crippen LogP contribution >= 0.6 is 0 Å². The molecule has 0 atom stereocenters. The fourth-order valence-corrected chi connectivity index (χ4v) is 14.1. The van der Waals surface area contributed by atoms with Crippen molar-refractivity contribution >= 4 is 57.9 Å². The number of hydrogen-bond donors (Lipinski definition) is 5. The third-order valence-corrected chi connectivity index (χ3v) is 19.3. The maximum Gasteiger partial charge on any atom is 0.336 e. The molecule has 6 heterocycles. The molecule has 0 radical (unpaired) electrons. The molecule has 0 fully saturated rings. The number of anilines is 2. The Morgan fingerprint density at radius 2 is 1.38 bits per heavy atom. The average molecular weight is 1260 g/mol. The van der Waals surface area contributed by atoms with Gasteiger partial charge in [0.2, 0.25) is 17.2 Å². The van der Waals surface area contributed by atoms with Crippen molar-refractivity contribution in [2.75, 3.05) is 62.2 Å². The summed E-state index contributed by atoms with van der Waals surface area (Å²) in [6.07, 6.45) is 9.32. The first-order valence-electron chi connectivity index (χ1n) is 33.1. The van der Waals surface area contributed by atoms with Gasteiger partial charge in [-0.05, 0) is 173 Å². The van der Waals surface area contributed by atoms with Crippen molar-refractivity contribution < 1.29 is 43.7 Å². The number of carboxylic acids is 1. The summed E-state index contributed by atoms with van der Waals surface area (Å²) in [6.45, 7) is 13.1. The van der Waals surface area contributed by atoms with Gasteiger partial charge in [0.25, 0.3) is 11.8 Å². The van der Waals surface area contributed by atoms with Gasteiger partial charge in [-0.15, -0.1) is 5.11 Å². The van der Waals surface area contributed by atoms with Crippen molar-refractivity contribution in [3.05, 3.63) is 204 Å². The molecule has 4 amide bonds. The first kappa shape index (κ1) is 62.9. The highest BCUT2D eigenvalue weighted by atomic mass is 16.5. The molecule has 13 rings (SSSR count). The molecule has 0 bridgehead atoms. The molecule has 0 saturated heterocycles. The molecule has 480 valence electrons. The van der Waals surface area contributed by atoms with E-state index in [1.165, 1.54) is 39.4 Å². The third kappa shape index (κ3) is 13.1. The van der Waals surface area contributed by atoms with Gasteiger partial charge in [-0.25, -0.2) is 9.37 Å². The summed E-state index contributed by atoms with van der Waals surface area (Å²) >= 11 is 0. The first-order valence-corrected chi connectivity index (χ1v) is 33.1. The summed E-state index contributed by atoms with van der Waals surface area (Å²) in [5.41, 5.74) is 12.8. The minimum absolute atomic E-state index is 0.0507. The molecule has 0 saturated carbocycles. The molecule has 0 aliphatic carbocycles. The highest BCUT2D eigenvalue weighted by Gasteiger charge is 2.37. The zero-order valence-electron chi connectivity index (χ0n) is 53.9. The molecular weight excluding hydrogens is 1180 g/mol. The van der Waals surface area contributed by atoms with Crippen molar-refractivity contribution in [1.82, 2.24) is 20.5 Å². The van der Waals surface area contributed by atoms with Crippen LogP contribution in [0, 0.1) is 17.3 Å². The van der Waals surface area contributed by atoms with Crippen molar-refractivity contribution in [2.45, 2.75) is 117 Å². The normalized spacial score (nSPS) is 15.1. The highest BCUT2D eigenvalue weighted by Crippen LogP contribution is 2.49. The van der Waals surface area contributed by atoms with Crippen LogP contribution < -0.4 is 45.6 Å². The molecule has 7 aromatic carbocycles. The van der Waals surface area contributed by atoms with Gasteiger partial charge in [0.05, 0.1) is 34.6 Å². The Morgan fingerprint density at radius 3 is 2.19 bits per heavy atom. The van der Waals surface area contributed by atoms with E-state index in [4.69, 9.17) is 9.47 Å². The summed E-state index contributed by atoms with van der Waals surface area (Å²) in [5, 5.41) is 41.6. The summed E-state index contributed by atoms with van der Waals surface area (Å²) in [7, 11) is 0. The lowest BCUT2D eigenvalue weighted by Gasteiger charge is -2.39. The molecule has 0 aromatic heterocycles. The molecular formula is C77H79N8O9+. The van der Waals surface area contributed by atoms with Crippen LogP contribution in [-0.2, 0) is 53.0 Å². The first-order chi connectivity index (χ1) is 45.5. The predicted molar refractivity (Wildman–Crippen MR) is 362 cm³/mol. The number of carbonyl (C=O) groups excluding carboxylic acids is 4. The van der Waals surface area contributed by atoms with Crippen molar-refractivity contribution in [3.8, 4) is 29.1 Å². The Labute approximate surface area is 547 Å². The minimum atomic E-state index is -1.12. The number of aryl methyl sites for hydroxylation is 2. The van der Waals surface area contributed by atoms with Gasteiger partial charge in [0, 0.05) is 119 Å². The maximum absolute atomic E-state index is 13.9. The van der Waals surface area contributed by atoms with Gasteiger partial charge >= 0.3 is 5.97 Å². The molecule has 94 heavy (non-hydrogen) atoms. The van der Waals surface area contributed by atoms with Crippen LogP contribution in [0.25, 0.3) is 5.57 Å². The lowest BCUT2D eigenvalue weighted by atomic mass is 9.81. The fourth-order valence-electron chi connectivity index (χ4n) is 14.1. The number of aromatic hydroxyl groups is 1. The SMILES string of the molecule is CC(C)(CCNC(=O)c1ccc(N=Nc2ccc(CCNC(=O)c3ccc(C4=c5cc6c7c(c5Oc5c4cc4c8c5CCCN8CCC4)CCC[N+]=7CCC6)c(C(=O)O)c3)cc2O)cc1)OCCC(C)(C)C(=O)NCCC(=O)N1Cc2ccccc2C#Cc2ccccc21. The van der Waals surface area contributed by atoms with Gasteiger partial charge in [-0.3, -0.25) is 19.2 Å². The smallest absolute Gasteiger partial charge is 0.336 e. The van der Waals surface area contributed by atoms with Crippen molar-refractivity contribution in [1.29, 1.82) is 0 Å². The second kappa shape index (κ2) is 26.6. The summed E-state index contributed by atoms with van der Waals surface area (Å²) in [6, 6.07) is 36.6. The van der Waals surface area contributed by atoms with Gasteiger partial charge < -0.3 is 45.4 Å². The van der Waals surface area contributed by atoms with Crippen LogP contribution in [0.3, 0.4) is 0 Å². The van der Waals surface area contributed by atoms with Crippen LogP contribution in [0.4, 0.5) is 22.7 Å². The number of rotatable bonds is 20. The molecule has 17 nitrogen and oxygen atoms in total. The van der Waals surface area contributed by atoms with Gasteiger partial charge in [-0.1, -0.05) is 68.2 Å². The number of fused-ring (bicyclic) bond motifs is 6. The van der Waals surface area contributed by atoms with Crippen molar-refractivity contribution in [3.63, 3.8) is 0 Å². The number of aromatic carboxylic acids is 1. The Balaban J connectivity index is 0.578. The number of nitrogens with zero attached hydrogens (tertiary/aromatic N) is 5. The quantitative estimate of drug-likeness (QED) is 0.0276. The van der Waals surface area contributed by atoms with E-state index < -0.39 is 22.9 Å². The van der Waals surface area contributed by atoms with E-state index in [2.05, 4.69) is 59.6 Å². The van der Waals surface area contributed by atoms with Gasteiger partial charge in [-0.2, -0.15) is 5.11 Å². The van der Waals surface area contributed by atoms with Crippen LogP contribution in [0.15, 0.2) is 132 Å². The fraction of sp³-hybridized carbons (Fsp3) is 0.351. The van der Waals surface area contributed by atoms with E-state index in [1.807, 2.05) is 76.2 Å². The average Bonchev–Trinajstić information content (AvgIpc) is 0.710. The zero-order chi connectivity index (χ0) is 65.3. The second-order valence-corrected chi connectivity index (χ2v) is 26.6. The number of carbonyl (C=O) groups is 5. The van der Waals surface area contributed by atoms with E-state index >= 15 is 0 Å². The number of carboxylic acid groups (broad SMARTS) is 1. The maximum atomic E-state index is 13.9. The second-order valence-electron chi connectivity index (χ2n) is 26.6. The minimum Gasteiger partial charge on any atom is -0.506 e. The molecule has 6 aliphatic heterocycles. The number of amides is 4. The third-order valence-electron chi connectivity index (χ3n) is 19.3. The molecule has 7 aromatic rings. The van der Waals surface area contributed by atoms with E-state index in [9.17, 15) is 34.2 Å². The Hall–Kier alpha value is -9.92. The topological polar surface area (TPSA) is 215 Å². The summed E-state index contributed by atoms with van der Waals surface area (Å²) < 4.78 is 15.9. The number of ether oxygens (including phenoxy) is 2. The molecule has 6 aliphatic rings. The van der Waals surface area contributed by atoms with E-state index in [0.29, 0.717) is 55.8 Å². The van der Waals surface area contributed by atoms with Crippen LogP contribution in [0.1, 0.15) is 159 Å². The Morgan fingerprint density at radius 1 is 0.670 bits per heavy atom. The van der Waals surface area contributed by atoms with Crippen molar-refractivity contribution in [2.24, 2.45) is 15.6 Å². The number of phenols is 1.